The van der Waals surface area contributed by atoms with Crippen molar-refractivity contribution >= 4 is 15.9 Å². The van der Waals surface area contributed by atoms with Crippen LogP contribution in [0.4, 0.5) is 0 Å². The van der Waals surface area contributed by atoms with E-state index in [0.717, 1.165) is 23.0 Å². The fourth-order valence-electron chi connectivity index (χ4n) is 1.71. The first-order valence-electron chi connectivity index (χ1n) is 4.45. The van der Waals surface area contributed by atoms with Crippen molar-refractivity contribution in [1.29, 1.82) is 0 Å². The van der Waals surface area contributed by atoms with E-state index in [9.17, 15) is 5.11 Å². The second-order valence-electron chi connectivity index (χ2n) is 3.28. The molecule has 1 heterocycles. The second kappa shape index (κ2) is 3.78. The number of hydrogen-bond acceptors (Lipinski definition) is 2. The predicted octanol–water partition coefficient (Wildman–Crippen LogP) is 1.63. The third-order valence-corrected chi connectivity index (χ3v) is 3.15. The first-order chi connectivity index (χ1) is 6.29. The van der Waals surface area contributed by atoms with E-state index in [0.29, 0.717) is 6.54 Å². The van der Waals surface area contributed by atoms with Crippen LogP contribution in [0.25, 0.3) is 0 Å². The lowest BCUT2D eigenvalue weighted by Crippen LogP contribution is -2.19. The average molecular weight is 242 g/mol. The number of halogens is 1. The van der Waals surface area contributed by atoms with Crippen LogP contribution in [0.5, 0.6) is 0 Å². The number of aliphatic hydroxyl groups excluding tert-OH is 1. The lowest BCUT2D eigenvalue weighted by molar-refractivity contribution is 0.178. The molecule has 13 heavy (non-hydrogen) atoms. The highest BCUT2D eigenvalue weighted by Gasteiger charge is 2.16. The van der Waals surface area contributed by atoms with Crippen LogP contribution in [-0.2, 0) is 6.42 Å². The molecule has 70 valence electrons. The van der Waals surface area contributed by atoms with Gasteiger partial charge in [-0.3, -0.25) is 0 Å². The van der Waals surface area contributed by atoms with Crippen LogP contribution in [0.15, 0.2) is 22.7 Å². The van der Waals surface area contributed by atoms with E-state index in [4.69, 9.17) is 0 Å². The van der Waals surface area contributed by atoms with Crippen molar-refractivity contribution < 1.29 is 5.11 Å². The number of fused-ring (bicyclic) bond motifs is 1. The molecule has 1 aromatic rings. The number of rotatable bonds is 0. The minimum atomic E-state index is -0.366. The molecule has 0 radical (unpaired) electrons. The predicted molar refractivity (Wildman–Crippen MR) is 55.7 cm³/mol. The summed E-state index contributed by atoms with van der Waals surface area (Å²) in [4.78, 5) is 0. The van der Waals surface area contributed by atoms with Crippen molar-refractivity contribution in [3.05, 3.63) is 33.8 Å². The summed E-state index contributed by atoms with van der Waals surface area (Å²) in [6.45, 7) is 1.59. The second-order valence-corrected chi connectivity index (χ2v) is 4.13. The first-order valence-corrected chi connectivity index (χ1v) is 5.24. The Morgan fingerprint density at radius 1 is 1.46 bits per heavy atom. The van der Waals surface area contributed by atoms with Crippen molar-refractivity contribution in [2.45, 2.75) is 12.5 Å². The summed E-state index contributed by atoms with van der Waals surface area (Å²) in [7, 11) is 0. The molecule has 0 aromatic heterocycles. The number of hydrogen-bond donors (Lipinski definition) is 2. The minimum Gasteiger partial charge on any atom is -0.387 e. The molecule has 0 saturated heterocycles. The van der Waals surface area contributed by atoms with Crippen molar-refractivity contribution in [2.75, 3.05) is 13.1 Å². The number of benzene rings is 1. The maximum absolute atomic E-state index is 9.78. The molecule has 3 heteroatoms. The Balaban J connectivity index is 2.47. The first kappa shape index (κ1) is 9.19. The lowest BCUT2D eigenvalue weighted by Gasteiger charge is -2.11. The van der Waals surface area contributed by atoms with Gasteiger partial charge in [0.1, 0.15) is 0 Å². The SMILES string of the molecule is OC1CNCCc2c(Br)cccc21. The zero-order valence-corrected chi connectivity index (χ0v) is 8.84. The highest BCUT2D eigenvalue weighted by atomic mass is 79.9. The van der Waals surface area contributed by atoms with Gasteiger partial charge in [0.25, 0.3) is 0 Å². The Morgan fingerprint density at radius 2 is 2.31 bits per heavy atom. The maximum Gasteiger partial charge on any atom is 0.0917 e. The standard InChI is InChI=1S/C10H12BrNO/c11-9-3-1-2-8-7(9)4-5-12-6-10(8)13/h1-3,10,12-13H,4-6H2. The van der Waals surface area contributed by atoms with Crippen molar-refractivity contribution in [1.82, 2.24) is 5.32 Å². The van der Waals surface area contributed by atoms with E-state index in [-0.39, 0.29) is 6.10 Å². The summed E-state index contributed by atoms with van der Waals surface area (Å²) in [5.41, 5.74) is 2.29. The Hall–Kier alpha value is -0.380. The third-order valence-electron chi connectivity index (χ3n) is 2.40. The Labute approximate surface area is 86.1 Å². The van der Waals surface area contributed by atoms with Gasteiger partial charge in [-0.05, 0) is 30.2 Å². The zero-order valence-electron chi connectivity index (χ0n) is 7.26. The quantitative estimate of drug-likeness (QED) is 0.724. The fraction of sp³-hybridized carbons (Fsp3) is 0.400. The topological polar surface area (TPSA) is 32.3 Å². The maximum atomic E-state index is 9.78. The number of β-amino-alcohol motifs (C(OH)–C–C–N with tert-alkyl or cyclic N) is 1. The molecule has 0 aliphatic carbocycles. The van der Waals surface area contributed by atoms with Gasteiger partial charge in [-0.25, -0.2) is 0 Å². The van der Waals surface area contributed by atoms with E-state index in [1.54, 1.807) is 0 Å². The zero-order chi connectivity index (χ0) is 9.26. The number of nitrogens with one attached hydrogen (secondary N) is 1. The third kappa shape index (κ3) is 1.77. The van der Waals surface area contributed by atoms with Crippen LogP contribution in [0.3, 0.4) is 0 Å². The van der Waals surface area contributed by atoms with Crippen molar-refractivity contribution in [3.63, 3.8) is 0 Å². The summed E-state index contributed by atoms with van der Waals surface area (Å²) in [6.07, 6.45) is 0.614. The highest BCUT2D eigenvalue weighted by molar-refractivity contribution is 9.10. The smallest absolute Gasteiger partial charge is 0.0917 e. The molecular formula is C10H12BrNO. The Morgan fingerprint density at radius 3 is 3.15 bits per heavy atom. The van der Waals surface area contributed by atoms with Crippen molar-refractivity contribution in [2.24, 2.45) is 0 Å². The largest absolute Gasteiger partial charge is 0.387 e. The molecule has 1 aliphatic rings. The van der Waals surface area contributed by atoms with Crippen molar-refractivity contribution in [3.8, 4) is 0 Å². The molecule has 2 nitrogen and oxygen atoms in total. The van der Waals surface area contributed by atoms with Gasteiger partial charge >= 0.3 is 0 Å². The Bertz CT molecular complexity index is 314. The van der Waals surface area contributed by atoms with E-state index in [1.165, 1.54) is 5.56 Å². The summed E-state index contributed by atoms with van der Waals surface area (Å²) >= 11 is 3.51. The van der Waals surface area contributed by atoms with Gasteiger partial charge < -0.3 is 10.4 Å². The molecule has 1 atom stereocenters. The molecule has 0 saturated carbocycles. The van der Waals surface area contributed by atoms with E-state index in [1.807, 2.05) is 18.2 Å². The molecule has 2 rings (SSSR count). The van der Waals surface area contributed by atoms with E-state index < -0.39 is 0 Å². The van der Waals surface area contributed by atoms with Gasteiger partial charge in [0.05, 0.1) is 6.10 Å². The van der Waals surface area contributed by atoms with Crippen LogP contribution < -0.4 is 5.32 Å². The molecule has 0 amide bonds. The normalized spacial score (nSPS) is 22.2. The van der Waals surface area contributed by atoms with E-state index >= 15 is 0 Å². The van der Waals surface area contributed by atoms with Gasteiger partial charge in [-0.1, -0.05) is 28.1 Å². The van der Waals surface area contributed by atoms with Crippen LogP contribution in [0.1, 0.15) is 17.2 Å². The van der Waals surface area contributed by atoms with Crippen LogP contribution in [0, 0.1) is 0 Å². The van der Waals surface area contributed by atoms with Gasteiger partial charge in [0, 0.05) is 11.0 Å². The highest BCUT2D eigenvalue weighted by Crippen LogP contribution is 2.27. The summed E-state index contributed by atoms with van der Waals surface area (Å²) in [6, 6.07) is 5.99. The fourth-order valence-corrected chi connectivity index (χ4v) is 2.29. The molecule has 1 aromatic carbocycles. The summed E-state index contributed by atoms with van der Waals surface area (Å²) in [5, 5.41) is 13.0. The molecule has 1 aliphatic heterocycles. The lowest BCUT2D eigenvalue weighted by atomic mass is 10.0. The van der Waals surface area contributed by atoms with Gasteiger partial charge in [-0.2, -0.15) is 0 Å². The molecular weight excluding hydrogens is 230 g/mol. The van der Waals surface area contributed by atoms with E-state index in [2.05, 4.69) is 21.2 Å². The van der Waals surface area contributed by atoms with Gasteiger partial charge in [0.2, 0.25) is 0 Å². The average Bonchev–Trinajstić information content (AvgIpc) is 2.30. The number of aliphatic hydroxyl groups is 1. The summed E-state index contributed by atoms with van der Waals surface area (Å²) < 4.78 is 1.10. The van der Waals surface area contributed by atoms with Gasteiger partial charge in [-0.15, -0.1) is 0 Å². The van der Waals surface area contributed by atoms with Crippen LogP contribution in [0.2, 0.25) is 0 Å². The summed E-state index contributed by atoms with van der Waals surface area (Å²) in [5.74, 6) is 0. The molecule has 2 N–H and O–H groups in total. The van der Waals surface area contributed by atoms with Crippen LogP contribution >= 0.6 is 15.9 Å². The van der Waals surface area contributed by atoms with Crippen LogP contribution in [-0.4, -0.2) is 18.2 Å². The molecule has 0 bridgehead atoms. The monoisotopic (exact) mass is 241 g/mol. The van der Waals surface area contributed by atoms with Gasteiger partial charge in [0.15, 0.2) is 0 Å². The minimum absolute atomic E-state index is 0.366. The Kier molecular flexibility index (Phi) is 2.67. The molecule has 1 unspecified atom stereocenters. The molecule has 0 spiro atoms. The molecule has 0 fully saturated rings.